The summed E-state index contributed by atoms with van der Waals surface area (Å²) in [7, 11) is 0. The molecule has 4 N–H and O–H groups in total. The van der Waals surface area contributed by atoms with Gasteiger partial charge in [0.2, 0.25) is 0 Å². The molecule has 0 saturated heterocycles. The molecule has 0 amide bonds. The van der Waals surface area contributed by atoms with Crippen molar-refractivity contribution in [2.45, 2.75) is 71.3 Å². The maximum atomic E-state index is 12.1. The van der Waals surface area contributed by atoms with Gasteiger partial charge in [-0.15, -0.1) is 0 Å². The highest BCUT2D eigenvalue weighted by Crippen LogP contribution is 2.30. The lowest BCUT2D eigenvalue weighted by molar-refractivity contribution is -0.155. The molecule has 0 aromatic carbocycles. The molecule has 1 unspecified atom stereocenters. The van der Waals surface area contributed by atoms with E-state index in [1.165, 1.54) is 12.8 Å². The Morgan fingerprint density at radius 1 is 1.24 bits per heavy atom. The third kappa shape index (κ3) is 7.34. The van der Waals surface area contributed by atoms with Gasteiger partial charge in [0.1, 0.15) is 0 Å². The molecule has 0 aliphatic heterocycles. The largest absolute Gasteiger partial charge is 0.462 e. The molecule has 0 spiro atoms. The van der Waals surface area contributed by atoms with Gasteiger partial charge in [0.15, 0.2) is 5.96 Å². The van der Waals surface area contributed by atoms with E-state index in [-0.39, 0.29) is 24.0 Å². The Morgan fingerprint density at radius 2 is 1.90 bits per heavy atom. The Bertz CT molecular complexity index is 332. The molecule has 1 saturated carbocycles. The standard InChI is InChI=1S/C16H31N3O2/c1-3-4-5-6-12(2)21-15(20)14-9-7-13(8-10-14)11-19-16(17)18/h12-14H,3-11H2,1-2H3,(H4,17,18,19). The van der Waals surface area contributed by atoms with Gasteiger partial charge in [0, 0.05) is 6.54 Å². The van der Waals surface area contributed by atoms with E-state index in [0.717, 1.165) is 38.5 Å². The molecule has 0 heterocycles. The van der Waals surface area contributed by atoms with E-state index in [0.29, 0.717) is 12.5 Å². The van der Waals surface area contributed by atoms with Gasteiger partial charge >= 0.3 is 5.97 Å². The van der Waals surface area contributed by atoms with Crippen LogP contribution in [0.25, 0.3) is 0 Å². The lowest BCUT2D eigenvalue weighted by Gasteiger charge is -2.27. The number of aliphatic imine (C=N–C) groups is 1. The molecule has 122 valence electrons. The number of hydrogen-bond donors (Lipinski definition) is 2. The lowest BCUT2D eigenvalue weighted by Crippen LogP contribution is -2.28. The summed E-state index contributed by atoms with van der Waals surface area (Å²) in [5.74, 6) is 0.698. The number of nitrogens with two attached hydrogens (primary N) is 2. The van der Waals surface area contributed by atoms with Crippen LogP contribution in [-0.2, 0) is 9.53 Å². The molecule has 21 heavy (non-hydrogen) atoms. The third-order valence-electron chi connectivity index (χ3n) is 4.24. The molecule has 0 bridgehead atoms. The van der Waals surface area contributed by atoms with Crippen molar-refractivity contribution >= 4 is 11.9 Å². The molecule has 1 atom stereocenters. The van der Waals surface area contributed by atoms with E-state index < -0.39 is 0 Å². The highest BCUT2D eigenvalue weighted by atomic mass is 16.5. The van der Waals surface area contributed by atoms with Crippen LogP contribution in [0, 0.1) is 11.8 Å². The fourth-order valence-electron chi connectivity index (χ4n) is 2.85. The van der Waals surface area contributed by atoms with Crippen LogP contribution in [0.4, 0.5) is 0 Å². The second-order valence-corrected chi connectivity index (χ2v) is 6.23. The van der Waals surface area contributed by atoms with Crippen molar-refractivity contribution in [1.82, 2.24) is 0 Å². The molecule has 1 fully saturated rings. The minimum Gasteiger partial charge on any atom is -0.462 e. The first kappa shape index (κ1) is 17.8. The summed E-state index contributed by atoms with van der Waals surface area (Å²) in [5.41, 5.74) is 10.7. The minimum atomic E-state index is -0.0145. The second-order valence-electron chi connectivity index (χ2n) is 6.23. The Balaban J connectivity index is 2.23. The predicted octanol–water partition coefficient (Wildman–Crippen LogP) is 2.58. The van der Waals surface area contributed by atoms with Crippen LogP contribution in [0.2, 0.25) is 0 Å². The summed E-state index contributed by atoms with van der Waals surface area (Å²) in [6.45, 7) is 4.85. The van der Waals surface area contributed by atoms with Crippen molar-refractivity contribution in [3.63, 3.8) is 0 Å². The Hall–Kier alpha value is -1.26. The zero-order valence-electron chi connectivity index (χ0n) is 13.5. The molecular formula is C16H31N3O2. The van der Waals surface area contributed by atoms with Gasteiger partial charge in [-0.1, -0.05) is 19.8 Å². The molecular weight excluding hydrogens is 266 g/mol. The fraction of sp³-hybridized carbons (Fsp3) is 0.875. The van der Waals surface area contributed by atoms with Crippen LogP contribution in [0.5, 0.6) is 0 Å². The Morgan fingerprint density at radius 3 is 2.48 bits per heavy atom. The minimum absolute atomic E-state index is 0.0145. The van der Waals surface area contributed by atoms with E-state index in [2.05, 4.69) is 11.9 Å². The monoisotopic (exact) mass is 297 g/mol. The normalized spacial score (nSPS) is 23.3. The van der Waals surface area contributed by atoms with Gasteiger partial charge in [0.05, 0.1) is 12.0 Å². The zero-order chi connectivity index (χ0) is 15.7. The summed E-state index contributed by atoms with van der Waals surface area (Å²) < 4.78 is 5.56. The molecule has 0 radical (unpaired) electrons. The second kappa shape index (κ2) is 9.64. The summed E-state index contributed by atoms with van der Waals surface area (Å²) in [6.07, 6.45) is 8.34. The van der Waals surface area contributed by atoms with E-state index >= 15 is 0 Å². The topological polar surface area (TPSA) is 90.7 Å². The van der Waals surface area contributed by atoms with Gasteiger partial charge in [-0.2, -0.15) is 0 Å². The third-order valence-corrected chi connectivity index (χ3v) is 4.24. The van der Waals surface area contributed by atoms with Crippen molar-refractivity contribution in [2.24, 2.45) is 28.3 Å². The van der Waals surface area contributed by atoms with Gasteiger partial charge in [-0.05, 0) is 51.4 Å². The van der Waals surface area contributed by atoms with Crippen LogP contribution in [0.1, 0.15) is 65.2 Å². The van der Waals surface area contributed by atoms with Gasteiger partial charge in [0.25, 0.3) is 0 Å². The van der Waals surface area contributed by atoms with Gasteiger partial charge in [-0.25, -0.2) is 0 Å². The van der Waals surface area contributed by atoms with Crippen LogP contribution in [0.15, 0.2) is 4.99 Å². The molecule has 1 rings (SSSR count). The van der Waals surface area contributed by atoms with Crippen molar-refractivity contribution in [3.8, 4) is 0 Å². The van der Waals surface area contributed by atoms with E-state index in [9.17, 15) is 4.79 Å². The number of unbranched alkanes of at least 4 members (excludes halogenated alkanes) is 2. The average Bonchev–Trinajstić information content (AvgIpc) is 2.45. The highest BCUT2D eigenvalue weighted by molar-refractivity contribution is 5.75. The first-order valence-electron chi connectivity index (χ1n) is 8.28. The fourth-order valence-corrected chi connectivity index (χ4v) is 2.85. The SMILES string of the molecule is CCCCCC(C)OC(=O)C1CCC(CN=C(N)N)CC1. The molecule has 5 heteroatoms. The average molecular weight is 297 g/mol. The first-order chi connectivity index (χ1) is 10.0. The summed E-state index contributed by atoms with van der Waals surface area (Å²) in [4.78, 5) is 16.2. The first-order valence-corrected chi connectivity index (χ1v) is 8.28. The Kier molecular flexibility index (Phi) is 8.16. The van der Waals surface area contributed by atoms with Gasteiger partial charge < -0.3 is 16.2 Å². The number of ether oxygens (including phenoxy) is 1. The lowest BCUT2D eigenvalue weighted by atomic mass is 9.82. The number of guanidine groups is 1. The maximum Gasteiger partial charge on any atom is 0.309 e. The van der Waals surface area contributed by atoms with Crippen molar-refractivity contribution in [2.75, 3.05) is 6.54 Å². The number of esters is 1. The number of hydrogen-bond acceptors (Lipinski definition) is 3. The predicted molar refractivity (Wildman–Crippen MR) is 85.8 cm³/mol. The number of nitrogens with zero attached hydrogens (tertiary/aromatic N) is 1. The van der Waals surface area contributed by atoms with Crippen molar-refractivity contribution < 1.29 is 9.53 Å². The molecule has 0 aromatic heterocycles. The van der Waals surface area contributed by atoms with E-state index in [1.54, 1.807) is 0 Å². The molecule has 1 aliphatic rings. The smallest absolute Gasteiger partial charge is 0.309 e. The van der Waals surface area contributed by atoms with Crippen LogP contribution < -0.4 is 11.5 Å². The Labute approximate surface area is 128 Å². The quantitative estimate of drug-likeness (QED) is 0.312. The molecule has 5 nitrogen and oxygen atoms in total. The maximum absolute atomic E-state index is 12.1. The van der Waals surface area contributed by atoms with Gasteiger partial charge in [-0.3, -0.25) is 9.79 Å². The summed E-state index contributed by atoms with van der Waals surface area (Å²) >= 11 is 0. The van der Waals surface area contributed by atoms with Crippen LogP contribution in [-0.4, -0.2) is 24.6 Å². The van der Waals surface area contributed by atoms with Crippen LogP contribution in [0.3, 0.4) is 0 Å². The summed E-state index contributed by atoms with van der Waals surface area (Å²) in [6, 6.07) is 0. The highest BCUT2D eigenvalue weighted by Gasteiger charge is 2.28. The van der Waals surface area contributed by atoms with Crippen LogP contribution >= 0.6 is 0 Å². The summed E-state index contributed by atoms with van der Waals surface area (Å²) in [5, 5.41) is 0. The number of carbonyl (C=O) groups is 1. The number of carbonyl (C=O) groups excluding carboxylic acids is 1. The van der Waals surface area contributed by atoms with Crippen molar-refractivity contribution in [1.29, 1.82) is 0 Å². The van der Waals surface area contributed by atoms with E-state index in [1.807, 2.05) is 6.92 Å². The molecule has 1 aliphatic carbocycles. The zero-order valence-corrected chi connectivity index (χ0v) is 13.5. The molecule has 0 aromatic rings. The number of rotatable bonds is 8. The van der Waals surface area contributed by atoms with E-state index in [4.69, 9.17) is 16.2 Å². The van der Waals surface area contributed by atoms with Crippen molar-refractivity contribution in [3.05, 3.63) is 0 Å².